The average Bonchev–Trinajstić information content (AvgIpc) is 2.99. The molecule has 0 unspecified atom stereocenters. The van der Waals surface area contributed by atoms with Crippen LogP contribution in [0, 0.1) is 11.8 Å². The van der Waals surface area contributed by atoms with Gasteiger partial charge in [-0.1, -0.05) is 13.8 Å². The van der Waals surface area contributed by atoms with Crippen molar-refractivity contribution < 1.29 is 14.4 Å². The predicted octanol–water partition coefficient (Wildman–Crippen LogP) is 2.04. The summed E-state index contributed by atoms with van der Waals surface area (Å²) in [4.78, 5) is 21.3. The third-order valence-electron chi connectivity index (χ3n) is 2.88. The number of aromatic nitrogens is 1. The van der Waals surface area contributed by atoms with E-state index >= 15 is 0 Å². The van der Waals surface area contributed by atoms with E-state index in [2.05, 4.69) is 24.3 Å². The van der Waals surface area contributed by atoms with Crippen molar-refractivity contribution in [3.63, 3.8) is 0 Å². The van der Waals surface area contributed by atoms with Gasteiger partial charge in [-0.2, -0.15) is 0 Å². The van der Waals surface area contributed by atoms with Crippen molar-refractivity contribution in [1.29, 1.82) is 0 Å². The predicted molar refractivity (Wildman–Crippen MR) is 73.0 cm³/mol. The first-order chi connectivity index (χ1) is 9.15. The second kappa shape index (κ2) is 6.98. The Labute approximate surface area is 117 Å². The molecule has 1 aromatic heterocycles. The highest BCUT2D eigenvalue weighted by Crippen LogP contribution is 2.14. The summed E-state index contributed by atoms with van der Waals surface area (Å²) in [5.74, 6) is 0.651. The van der Waals surface area contributed by atoms with E-state index in [1.807, 2.05) is 0 Å². The summed E-state index contributed by atoms with van der Waals surface area (Å²) in [6.07, 6.45) is 1.89. The van der Waals surface area contributed by atoms with E-state index in [1.165, 1.54) is 11.3 Å². The van der Waals surface area contributed by atoms with Crippen LogP contribution in [0.15, 0.2) is 5.38 Å². The van der Waals surface area contributed by atoms with E-state index in [4.69, 9.17) is 9.57 Å². The van der Waals surface area contributed by atoms with E-state index in [-0.39, 0.29) is 5.91 Å². The second-order valence-corrected chi connectivity index (χ2v) is 6.14. The molecule has 0 aliphatic carbocycles. The molecule has 0 spiro atoms. The van der Waals surface area contributed by atoms with Crippen molar-refractivity contribution in [3.05, 3.63) is 16.1 Å². The monoisotopic (exact) mass is 284 g/mol. The number of carbonyl (C=O) groups is 1. The molecule has 0 radical (unpaired) electrons. The highest BCUT2D eigenvalue weighted by atomic mass is 32.1. The van der Waals surface area contributed by atoms with Gasteiger partial charge in [0.2, 0.25) is 0 Å². The number of nitrogens with zero attached hydrogens (tertiary/aromatic N) is 1. The van der Waals surface area contributed by atoms with Gasteiger partial charge in [0.1, 0.15) is 5.69 Å². The lowest BCUT2D eigenvalue weighted by Crippen LogP contribution is -2.27. The molecule has 1 aliphatic rings. The van der Waals surface area contributed by atoms with Crippen molar-refractivity contribution in [1.82, 2.24) is 10.5 Å². The van der Waals surface area contributed by atoms with Gasteiger partial charge in [-0.15, -0.1) is 11.3 Å². The van der Waals surface area contributed by atoms with Crippen LogP contribution in [0.4, 0.5) is 0 Å². The van der Waals surface area contributed by atoms with Crippen LogP contribution in [-0.4, -0.2) is 30.7 Å². The van der Waals surface area contributed by atoms with Crippen LogP contribution >= 0.6 is 11.3 Å². The molecule has 0 bridgehead atoms. The Kier molecular flexibility index (Phi) is 5.30. The zero-order valence-electron chi connectivity index (χ0n) is 11.3. The molecule has 1 atom stereocenters. The maximum Gasteiger partial charge on any atom is 0.294 e. The number of thiazole rings is 1. The Morgan fingerprint density at radius 3 is 3.21 bits per heavy atom. The van der Waals surface area contributed by atoms with Crippen LogP contribution in [0.25, 0.3) is 0 Å². The maximum absolute atomic E-state index is 11.8. The molecule has 1 saturated heterocycles. The molecule has 5 nitrogen and oxygen atoms in total. The van der Waals surface area contributed by atoms with E-state index < -0.39 is 0 Å². The van der Waals surface area contributed by atoms with E-state index in [0.29, 0.717) is 30.7 Å². The van der Waals surface area contributed by atoms with Crippen molar-refractivity contribution >= 4 is 17.2 Å². The fraction of sp³-hybridized carbons (Fsp3) is 0.692. The number of nitrogens with one attached hydrogen (secondary N) is 1. The summed E-state index contributed by atoms with van der Waals surface area (Å²) in [6, 6.07) is 0. The topological polar surface area (TPSA) is 60.5 Å². The number of amides is 1. The normalized spacial score (nSPS) is 19.0. The second-order valence-electron chi connectivity index (χ2n) is 5.20. The Morgan fingerprint density at radius 1 is 1.68 bits per heavy atom. The van der Waals surface area contributed by atoms with Gasteiger partial charge in [-0.05, 0) is 12.3 Å². The van der Waals surface area contributed by atoms with Crippen LogP contribution in [0.2, 0.25) is 0 Å². The van der Waals surface area contributed by atoms with Crippen molar-refractivity contribution in [3.8, 4) is 0 Å². The Morgan fingerprint density at radius 2 is 2.53 bits per heavy atom. The molecule has 1 aliphatic heterocycles. The summed E-state index contributed by atoms with van der Waals surface area (Å²) >= 11 is 1.52. The average molecular weight is 284 g/mol. The lowest BCUT2D eigenvalue weighted by molar-refractivity contribution is 0.0142. The van der Waals surface area contributed by atoms with Gasteiger partial charge in [0.25, 0.3) is 5.91 Å². The lowest BCUT2D eigenvalue weighted by atomic mass is 10.1. The summed E-state index contributed by atoms with van der Waals surface area (Å²) in [6.45, 7) is 6.26. The minimum atomic E-state index is -0.273. The van der Waals surface area contributed by atoms with E-state index in [9.17, 15) is 4.79 Å². The number of hydrogen-bond donors (Lipinski definition) is 1. The molecule has 6 heteroatoms. The van der Waals surface area contributed by atoms with Gasteiger partial charge < -0.3 is 4.74 Å². The fourth-order valence-electron chi connectivity index (χ4n) is 1.85. The first-order valence-electron chi connectivity index (χ1n) is 6.59. The summed E-state index contributed by atoms with van der Waals surface area (Å²) < 4.78 is 5.24. The Bertz CT molecular complexity index is 414. The molecule has 1 aromatic rings. The van der Waals surface area contributed by atoms with Crippen LogP contribution < -0.4 is 5.48 Å². The number of hydrogen-bond acceptors (Lipinski definition) is 5. The highest BCUT2D eigenvalue weighted by molar-refractivity contribution is 7.09. The van der Waals surface area contributed by atoms with Crippen molar-refractivity contribution in [2.75, 3.05) is 19.8 Å². The maximum atomic E-state index is 11.8. The number of rotatable bonds is 6. The molecule has 106 valence electrons. The molecule has 1 fully saturated rings. The van der Waals surface area contributed by atoms with Crippen molar-refractivity contribution in [2.45, 2.75) is 26.7 Å². The first kappa shape index (κ1) is 14.4. The quantitative estimate of drug-likeness (QED) is 0.812. The molecule has 1 amide bonds. The molecule has 2 rings (SSSR count). The van der Waals surface area contributed by atoms with Crippen LogP contribution in [0.3, 0.4) is 0 Å². The molecular weight excluding hydrogens is 264 g/mol. The Balaban J connectivity index is 1.74. The van der Waals surface area contributed by atoms with Gasteiger partial charge >= 0.3 is 0 Å². The van der Waals surface area contributed by atoms with Gasteiger partial charge in [-0.3, -0.25) is 9.63 Å². The number of carbonyl (C=O) groups excluding carboxylic acids is 1. The first-order valence-corrected chi connectivity index (χ1v) is 7.47. The summed E-state index contributed by atoms with van der Waals surface area (Å²) in [5.41, 5.74) is 2.88. The van der Waals surface area contributed by atoms with E-state index in [1.54, 1.807) is 5.38 Å². The van der Waals surface area contributed by atoms with Crippen LogP contribution in [0.5, 0.6) is 0 Å². The SMILES string of the molecule is CC(C)Cc1nc(C(=O)NOC[C@@H]2CCOC2)cs1. The molecule has 0 aromatic carbocycles. The molecule has 2 heterocycles. The smallest absolute Gasteiger partial charge is 0.294 e. The summed E-state index contributed by atoms with van der Waals surface area (Å²) in [5, 5.41) is 2.76. The highest BCUT2D eigenvalue weighted by Gasteiger charge is 2.17. The zero-order valence-corrected chi connectivity index (χ0v) is 12.2. The number of hydroxylamine groups is 1. The molecule has 1 N–H and O–H groups in total. The van der Waals surface area contributed by atoms with Gasteiger partial charge in [0, 0.05) is 24.3 Å². The molecular formula is C13H20N2O3S. The van der Waals surface area contributed by atoms with Gasteiger partial charge in [0.05, 0.1) is 18.2 Å². The standard InChI is InChI=1S/C13H20N2O3S/c1-9(2)5-12-14-11(8-19-12)13(16)15-18-7-10-3-4-17-6-10/h8-10H,3-7H2,1-2H3,(H,15,16)/t10-/m1/s1. The third-order valence-corrected chi connectivity index (χ3v) is 3.75. The zero-order chi connectivity index (χ0) is 13.7. The van der Waals surface area contributed by atoms with Gasteiger partial charge in [-0.25, -0.2) is 10.5 Å². The summed E-state index contributed by atoms with van der Waals surface area (Å²) in [7, 11) is 0. The van der Waals surface area contributed by atoms with Crippen molar-refractivity contribution in [2.24, 2.45) is 11.8 Å². The van der Waals surface area contributed by atoms with Crippen LogP contribution in [0.1, 0.15) is 35.8 Å². The lowest BCUT2D eigenvalue weighted by Gasteiger charge is -2.08. The Hall–Kier alpha value is -0.980. The fourth-order valence-corrected chi connectivity index (χ4v) is 2.84. The van der Waals surface area contributed by atoms with Gasteiger partial charge in [0.15, 0.2) is 0 Å². The minimum absolute atomic E-state index is 0.273. The minimum Gasteiger partial charge on any atom is -0.381 e. The number of ether oxygens (including phenoxy) is 1. The largest absolute Gasteiger partial charge is 0.381 e. The van der Waals surface area contributed by atoms with Crippen LogP contribution in [-0.2, 0) is 16.0 Å². The molecule has 0 saturated carbocycles. The third kappa shape index (κ3) is 4.56. The van der Waals surface area contributed by atoms with E-state index in [0.717, 1.165) is 24.5 Å². The molecule has 19 heavy (non-hydrogen) atoms.